The summed E-state index contributed by atoms with van der Waals surface area (Å²) in [6, 6.07) is 11.8. The summed E-state index contributed by atoms with van der Waals surface area (Å²) in [7, 11) is 0. The van der Waals surface area contributed by atoms with Crippen molar-refractivity contribution in [3.63, 3.8) is 0 Å². The van der Waals surface area contributed by atoms with Gasteiger partial charge in [0.05, 0.1) is 10.2 Å². The Morgan fingerprint density at radius 2 is 1.95 bits per heavy atom. The van der Waals surface area contributed by atoms with Crippen LogP contribution in [0.2, 0.25) is 0 Å². The molecule has 0 atom stereocenters. The fraction of sp³-hybridized carbons (Fsp3) is 0. The lowest BCUT2D eigenvalue weighted by Crippen LogP contribution is -1.97. The molecule has 19 heavy (non-hydrogen) atoms. The lowest BCUT2D eigenvalue weighted by Gasteiger charge is -2.00. The summed E-state index contributed by atoms with van der Waals surface area (Å²) in [6.07, 6.45) is 0. The van der Waals surface area contributed by atoms with Gasteiger partial charge in [-0.05, 0) is 11.4 Å². The molecule has 3 heterocycles. The van der Waals surface area contributed by atoms with Crippen LogP contribution in [0.4, 0.5) is 5.82 Å². The van der Waals surface area contributed by atoms with Crippen LogP contribution in [0.5, 0.6) is 0 Å². The van der Waals surface area contributed by atoms with Gasteiger partial charge in [-0.3, -0.25) is 0 Å². The highest BCUT2D eigenvalue weighted by Crippen LogP contribution is 2.29. The molecule has 0 amide bonds. The largest absolute Gasteiger partial charge is 0.382 e. The molecule has 2 N–H and O–H groups in total. The first-order valence-electron chi connectivity index (χ1n) is 5.78. The summed E-state index contributed by atoms with van der Waals surface area (Å²) < 4.78 is 2.68. The Balaban J connectivity index is 2.12. The van der Waals surface area contributed by atoms with E-state index in [-0.39, 0.29) is 0 Å². The lowest BCUT2D eigenvalue weighted by atomic mass is 10.2. The number of benzene rings is 1. The minimum atomic E-state index is 0.525. The van der Waals surface area contributed by atoms with Crippen LogP contribution in [-0.2, 0) is 0 Å². The predicted octanol–water partition coefficient (Wildman–Crippen LogP) is 2.59. The molecule has 0 saturated heterocycles. The van der Waals surface area contributed by atoms with Gasteiger partial charge in [-0.2, -0.15) is 4.52 Å². The zero-order valence-electron chi connectivity index (χ0n) is 9.82. The number of fused-ring (bicyclic) bond motifs is 3. The van der Waals surface area contributed by atoms with Gasteiger partial charge < -0.3 is 5.73 Å². The monoisotopic (exact) mass is 267 g/mol. The number of aromatic nitrogens is 4. The molecule has 0 fully saturated rings. The Bertz CT molecular complexity index is 878. The van der Waals surface area contributed by atoms with Crippen molar-refractivity contribution in [3.8, 4) is 11.3 Å². The van der Waals surface area contributed by atoms with Crippen LogP contribution in [0.15, 0.2) is 41.8 Å². The van der Waals surface area contributed by atoms with E-state index in [0.717, 1.165) is 21.5 Å². The van der Waals surface area contributed by atoms with Gasteiger partial charge in [-0.25, -0.2) is 4.98 Å². The van der Waals surface area contributed by atoms with E-state index in [0.29, 0.717) is 11.5 Å². The second-order valence-electron chi connectivity index (χ2n) is 4.17. The molecule has 3 aromatic heterocycles. The number of nitrogens with two attached hydrogens (primary N) is 1. The fourth-order valence-electron chi connectivity index (χ4n) is 2.15. The molecule has 0 unspecified atom stereocenters. The highest BCUT2D eigenvalue weighted by Gasteiger charge is 2.14. The first kappa shape index (κ1) is 10.5. The zero-order chi connectivity index (χ0) is 12.8. The van der Waals surface area contributed by atoms with Crippen molar-refractivity contribution in [2.45, 2.75) is 0 Å². The maximum atomic E-state index is 6.00. The van der Waals surface area contributed by atoms with Gasteiger partial charge in [0, 0.05) is 5.56 Å². The molecule has 0 radical (unpaired) electrons. The van der Waals surface area contributed by atoms with Crippen LogP contribution < -0.4 is 5.73 Å². The highest BCUT2D eigenvalue weighted by atomic mass is 32.1. The summed E-state index contributed by atoms with van der Waals surface area (Å²) in [4.78, 5) is 4.44. The summed E-state index contributed by atoms with van der Waals surface area (Å²) >= 11 is 1.56. The van der Waals surface area contributed by atoms with Crippen molar-refractivity contribution in [3.05, 3.63) is 41.8 Å². The topological polar surface area (TPSA) is 69.1 Å². The van der Waals surface area contributed by atoms with Gasteiger partial charge in [0.1, 0.15) is 11.5 Å². The molecule has 4 aromatic rings. The highest BCUT2D eigenvalue weighted by molar-refractivity contribution is 7.17. The van der Waals surface area contributed by atoms with E-state index in [1.165, 1.54) is 0 Å². The van der Waals surface area contributed by atoms with Gasteiger partial charge in [0.15, 0.2) is 5.65 Å². The summed E-state index contributed by atoms with van der Waals surface area (Å²) in [6.45, 7) is 0. The second kappa shape index (κ2) is 3.76. The number of hydrogen-bond donors (Lipinski definition) is 1. The molecule has 1 aromatic carbocycles. The molecule has 4 rings (SSSR count). The van der Waals surface area contributed by atoms with E-state index >= 15 is 0 Å². The number of rotatable bonds is 1. The van der Waals surface area contributed by atoms with Crippen molar-refractivity contribution in [2.24, 2.45) is 0 Å². The van der Waals surface area contributed by atoms with Crippen LogP contribution in [0, 0.1) is 0 Å². The maximum absolute atomic E-state index is 6.00. The lowest BCUT2D eigenvalue weighted by molar-refractivity contribution is 0.878. The normalized spacial score (nSPS) is 11.4. The molecule has 0 aliphatic heterocycles. The van der Waals surface area contributed by atoms with Gasteiger partial charge >= 0.3 is 0 Å². The predicted molar refractivity (Wildman–Crippen MR) is 76.0 cm³/mol. The van der Waals surface area contributed by atoms with Crippen molar-refractivity contribution >= 4 is 33.0 Å². The Hall–Kier alpha value is -2.47. The minimum Gasteiger partial charge on any atom is -0.382 e. The van der Waals surface area contributed by atoms with Gasteiger partial charge in [-0.15, -0.1) is 16.4 Å². The summed E-state index contributed by atoms with van der Waals surface area (Å²) in [5, 5.41) is 10.4. The van der Waals surface area contributed by atoms with Gasteiger partial charge in [0.25, 0.3) is 0 Å². The number of nitrogens with zero attached hydrogens (tertiary/aromatic N) is 4. The smallest absolute Gasteiger partial charge is 0.186 e. The van der Waals surface area contributed by atoms with E-state index in [9.17, 15) is 0 Å². The van der Waals surface area contributed by atoms with Crippen molar-refractivity contribution in [1.82, 2.24) is 19.8 Å². The molecule has 0 saturated carbocycles. The third-order valence-electron chi connectivity index (χ3n) is 3.03. The SMILES string of the molecule is Nc1nc2c(-c3ccccc3)nnn2c2ccsc12. The Morgan fingerprint density at radius 1 is 1.11 bits per heavy atom. The number of thiophene rings is 1. The van der Waals surface area contributed by atoms with Crippen LogP contribution in [0.25, 0.3) is 27.1 Å². The Morgan fingerprint density at radius 3 is 2.79 bits per heavy atom. The molecule has 6 heteroatoms. The molecule has 5 nitrogen and oxygen atoms in total. The summed E-state index contributed by atoms with van der Waals surface area (Å²) in [5.41, 5.74) is 9.37. The first-order valence-corrected chi connectivity index (χ1v) is 6.66. The van der Waals surface area contributed by atoms with Crippen molar-refractivity contribution in [1.29, 1.82) is 0 Å². The molecule has 0 aliphatic carbocycles. The Labute approximate surface area is 112 Å². The summed E-state index contributed by atoms with van der Waals surface area (Å²) in [5.74, 6) is 0.525. The van der Waals surface area contributed by atoms with Crippen LogP contribution in [0.1, 0.15) is 0 Å². The maximum Gasteiger partial charge on any atom is 0.186 e. The average Bonchev–Trinajstić information content (AvgIpc) is 3.05. The molecule has 92 valence electrons. The number of hydrogen-bond acceptors (Lipinski definition) is 5. The van der Waals surface area contributed by atoms with E-state index in [2.05, 4.69) is 15.3 Å². The quantitative estimate of drug-likeness (QED) is 0.575. The zero-order valence-corrected chi connectivity index (χ0v) is 10.6. The molecular formula is C13H9N5S. The molecule has 0 aliphatic rings. The van der Waals surface area contributed by atoms with Crippen LogP contribution in [0.3, 0.4) is 0 Å². The molecule has 0 bridgehead atoms. The second-order valence-corrected chi connectivity index (χ2v) is 5.09. The molecule has 0 spiro atoms. The molecular weight excluding hydrogens is 258 g/mol. The average molecular weight is 267 g/mol. The van der Waals surface area contributed by atoms with Gasteiger partial charge in [-0.1, -0.05) is 35.5 Å². The minimum absolute atomic E-state index is 0.525. The van der Waals surface area contributed by atoms with Crippen molar-refractivity contribution < 1.29 is 0 Å². The van der Waals surface area contributed by atoms with Gasteiger partial charge in [0.2, 0.25) is 0 Å². The standard InChI is InChI=1S/C13H9N5S/c14-12-11-9(6-7-19-11)18-13(15-12)10(16-17-18)8-4-2-1-3-5-8/h1-7H,(H2,14,15). The van der Waals surface area contributed by atoms with E-state index < -0.39 is 0 Å². The van der Waals surface area contributed by atoms with Crippen LogP contribution >= 0.6 is 11.3 Å². The van der Waals surface area contributed by atoms with Crippen LogP contribution in [-0.4, -0.2) is 19.8 Å². The van der Waals surface area contributed by atoms with E-state index in [1.54, 1.807) is 15.9 Å². The number of anilines is 1. The first-order chi connectivity index (χ1) is 9.34. The van der Waals surface area contributed by atoms with E-state index in [1.807, 2.05) is 41.8 Å². The van der Waals surface area contributed by atoms with E-state index in [4.69, 9.17) is 5.73 Å². The fourth-order valence-corrected chi connectivity index (χ4v) is 2.92. The Kier molecular flexibility index (Phi) is 2.07. The number of nitrogen functional groups attached to an aromatic ring is 1. The third-order valence-corrected chi connectivity index (χ3v) is 3.95. The third kappa shape index (κ3) is 1.43. The van der Waals surface area contributed by atoms with Crippen molar-refractivity contribution in [2.75, 3.05) is 5.73 Å².